The lowest BCUT2D eigenvalue weighted by Crippen LogP contribution is -2.34. The Morgan fingerprint density at radius 3 is 0.806 bits per heavy atom. The molecule has 14 N–H and O–H groups in total. The molecule has 0 bridgehead atoms. The van der Waals surface area contributed by atoms with Crippen LogP contribution in [0.3, 0.4) is 0 Å². The van der Waals surface area contributed by atoms with Crippen molar-refractivity contribution in [3.63, 3.8) is 0 Å². The Labute approximate surface area is 178 Å². The monoisotopic (exact) mass is 528 g/mol. The number of guanidine groups is 2. The van der Waals surface area contributed by atoms with Crippen LogP contribution in [0.5, 0.6) is 0 Å². The normalized spacial score (nSPS) is 10.1. The Kier molecular flexibility index (Phi) is 25.5. The van der Waals surface area contributed by atoms with E-state index in [9.17, 15) is 0 Å². The summed E-state index contributed by atoms with van der Waals surface area (Å²) in [6.45, 7) is 0.927. The number of rotatable bonds is 4. The molecule has 0 saturated heterocycles. The van der Waals surface area contributed by atoms with Gasteiger partial charge in [0.1, 0.15) is 0 Å². The standard InChI is InChI=1S/2C4H11N3O.3H2O4S/c2*1-7(2-3-8)4(5)6;3*1-5(2,3)4/h2*8H,2-3H2,1H3,(H3,5,6);3*(H2,1,2,3,4). The molecule has 0 saturated carbocycles. The second-order valence-electron chi connectivity index (χ2n) is 4.40. The second kappa shape index (κ2) is 20.0. The van der Waals surface area contributed by atoms with Crippen LogP contribution in [0.4, 0.5) is 0 Å². The minimum absolute atomic E-state index is 0.0148. The third-order valence-corrected chi connectivity index (χ3v) is 1.69. The molecule has 192 valence electrons. The van der Waals surface area contributed by atoms with E-state index in [1.54, 1.807) is 14.1 Å². The van der Waals surface area contributed by atoms with Gasteiger partial charge in [0.05, 0.1) is 13.2 Å². The van der Waals surface area contributed by atoms with Crippen LogP contribution in [0.1, 0.15) is 0 Å². The first-order valence-corrected chi connectivity index (χ1v) is 11.0. The Bertz CT molecular complexity index is 666. The highest BCUT2D eigenvalue weighted by atomic mass is 32.3. The van der Waals surface area contributed by atoms with Gasteiger partial charge in [0, 0.05) is 27.2 Å². The minimum Gasteiger partial charge on any atom is -0.395 e. The Morgan fingerprint density at radius 2 is 0.774 bits per heavy atom. The first-order valence-electron chi connectivity index (χ1n) is 6.78. The maximum Gasteiger partial charge on any atom is 0.394 e. The average Bonchev–Trinajstić information content (AvgIpc) is 2.42. The van der Waals surface area contributed by atoms with Crippen LogP contribution < -0.4 is 11.5 Å². The third kappa shape index (κ3) is 131. The lowest BCUT2D eigenvalue weighted by Gasteiger charge is -2.13. The largest absolute Gasteiger partial charge is 0.395 e. The number of hydrogen-bond donors (Lipinski definition) is 12. The zero-order valence-corrected chi connectivity index (χ0v) is 18.6. The number of aliphatic hydroxyl groups is 2. The van der Waals surface area contributed by atoms with Crippen LogP contribution in [-0.2, 0) is 31.2 Å². The molecular weight excluding hydrogens is 500 g/mol. The summed E-state index contributed by atoms with van der Waals surface area (Å²) in [4.78, 5) is 2.92. The van der Waals surface area contributed by atoms with Gasteiger partial charge in [0.2, 0.25) is 0 Å². The van der Waals surface area contributed by atoms with Gasteiger partial charge >= 0.3 is 31.2 Å². The van der Waals surface area contributed by atoms with Crippen LogP contribution in [0, 0.1) is 10.8 Å². The minimum atomic E-state index is -4.67. The Balaban J connectivity index is -0.0000000928. The molecule has 0 amide bonds. The van der Waals surface area contributed by atoms with E-state index in [1.807, 2.05) is 0 Å². The molecule has 0 aliphatic rings. The van der Waals surface area contributed by atoms with Gasteiger partial charge in [-0.1, -0.05) is 0 Å². The van der Waals surface area contributed by atoms with E-state index in [-0.39, 0.29) is 25.1 Å². The van der Waals surface area contributed by atoms with E-state index in [4.69, 9.17) is 85.1 Å². The molecule has 0 rings (SSSR count). The fourth-order valence-electron chi connectivity index (χ4n) is 0.541. The van der Waals surface area contributed by atoms with Crippen molar-refractivity contribution in [2.45, 2.75) is 0 Å². The van der Waals surface area contributed by atoms with Gasteiger partial charge in [-0.2, -0.15) is 25.3 Å². The van der Waals surface area contributed by atoms with Gasteiger partial charge in [0.15, 0.2) is 11.9 Å². The van der Waals surface area contributed by atoms with Gasteiger partial charge in [-0.3, -0.25) is 38.1 Å². The highest BCUT2D eigenvalue weighted by molar-refractivity contribution is 7.80. The summed E-state index contributed by atoms with van der Waals surface area (Å²) in [5.74, 6) is -0.0295. The maximum absolute atomic E-state index is 8.74. The van der Waals surface area contributed by atoms with E-state index < -0.39 is 31.2 Å². The van der Waals surface area contributed by atoms with Crippen molar-refractivity contribution < 1.29 is 62.8 Å². The molecule has 0 radical (unpaired) electrons. The molecule has 0 aromatic rings. The third-order valence-electron chi connectivity index (χ3n) is 1.69. The van der Waals surface area contributed by atoms with Crippen molar-refractivity contribution >= 4 is 43.1 Å². The van der Waals surface area contributed by atoms with Gasteiger partial charge in [-0.05, 0) is 0 Å². The van der Waals surface area contributed by atoms with Gasteiger partial charge in [-0.15, -0.1) is 0 Å². The van der Waals surface area contributed by atoms with Gasteiger partial charge < -0.3 is 31.5 Å². The molecule has 23 heteroatoms. The summed E-state index contributed by atoms with van der Waals surface area (Å²) in [7, 11) is -10.7. The summed E-state index contributed by atoms with van der Waals surface area (Å²) in [5, 5.41) is 30.2. The van der Waals surface area contributed by atoms with E-state index in [0.29, 0.717) is 13.1 Å². The number of likely N-dealkylation sites (N-methyl/N-ethyl adjacent to an activating group) is 2. The van der Waals surface area contributed by atoms with E-state index in [0.717, 1.165) is 0 Å². The van der Waals surface area contributed by atoms with Crippen molar-refractivity contribution in [3.05, 3.63) is 0 Å². The van der Waals surface area contributed by atoms with Crippen molar-refractivity contribution in [2.24, 2.45) is 11.5 Å². The molecular formula is C8H28N6O14S3. The highest BCUT2D eigenvalue weighted by Gasteiger charge is 1.95. The topological polar surface area (TPSA) is 370 Å². The molecule has 0 heterocycles. The predicted molar refractivity (Wildman–Crippen MR) is 106 cm³/mol. The highest BCUT2D eigenvalue weighted by Crippen LogP contribution is 1.75. The number of nitrogens with two attached hydrogens (primary N) is 2. The average molecular weight is 529 g/mol. The molecule has 0 atom stereocenters. The summed E-state index contributed by atoms with van der Waals surface area (Å²) < 4.78 is 94.8. The lowest BCUT2D eigenvalue weighted by molar-refractivity contribution is 0.262. The molecule has 0 aromatic heterocycles. The van der Waals surface area contributed by atoms with Gasteiger partial charge in [-0.25, -0.2) is 0 Å². The van der Waals surface area contributed by atoms with E-state index >= 15 is 0 Å². The van der Waals surface area contributed by atoms with Crippen molar-refractivity contribution in [2.75, 3.05) is 40.4 Å². The Hall–Kier alpha value is -1.93. The summed E-state index contributed by atoms with van der Waals surface area (Å²) in [6, 6.07) is 0. The van der Waals surface area contributed by atoms with Crippen molar-refractivity contribution in [3.8, 4) is 0 Å². The fraction of sp³-hybridized carbons (Fsp3) is 0.750. The molecule has 31 heavy (non-hydrogen) atoms. The number of aliphatic hydroxyl groups excluding tert-OH is 2. The van der Waals surface area contributed by atoms with Crippen LogP contribution in [0.25, 0.3) is 0 Å². The summed E-state index contributed by atoms with van der Waals surface area (Å²) in [6.07, 6.45) is 0. The first kappa shape index (κ1) is 39.5. The SMILES string of the molecule is CN(CCO)C(=N)N.CN(CCO)C(=N)N.O=S(=O)(O)O.O=S(=O)(O)O.O=S(=O)(O)O. The van der Waals surface area contributed by atoms with E-state index in [1.165, 1.54) is 9.80 Å². The molecule has 0 aliphatic heterocycles. The van der Waals surface area contributed by atoms with Crippen LogP contribution >= 0.6 is 0 Å². The molecule has 0 unspecified atom stereocenters. The Morgan fingerprint density at radius 1 is 0.645 bits per heavy atom. The summed E-state index contributed by atoms with van der Waals surface area (Å²) in [5.41, 5.74) is 10.0. The molecule has 0 aliphatic carbocycles. The van der Waals surface area contributed by atoms with E-state index in [2.05, 4.69) is 0 Å². The van der Waals surface area contributed by atoms with Crippen molar-refractivity contribution in [1.82, 2.24) is 9.80 Å². The van der Waals surface area contributed by atoms with Crippen LogP contribution in [0.15, 0.2) is 0 Å². The number of nitrogens with one attached hydrogen (secondary N) is 2. The second-order valence-corrected chi connectivity index (χ2v) is 7.09. The van der Waals surface area contributed by atoms with Crippen LogP contribution in [0.2, 0.25) is 0 Å². The maximum atomic E-state index is 8.74. The van der Waals surface area contributed by atoms with Crippen LogP contribution in [-0.4, -0.2) is 125 Å². The number of hydrogen-bond acceptors (Lipinski definition) is 10. The zero-order valence-electron chi connectivity index (χ0n) is 16.1. The molecule has 0 fully saturated rings. The molecule has 0 spiro atoms. The predicted octanol–water partition coefficient (Wildman–Crippen LogP) is -4.35. The fourth-order valence-corrected chi connectivity index (χ4v) is 0.541. The zero-order chi connectivity index (χ0) is 26.6. The number of nitrogens with zero attached hydrogens (tertiary/aromatic N) is 2. The lowest BCUT2D eigenvalue weighted by atomic mass is 10.6. The van der Waals surface area contributed by atoms with Gasteiger partial charge in [0.25, 0.3) is 0 Å². The molecule has 20 nitrogen and oxygen atoms in total. The first-order chi connectivity index (χ1) is 13.4. The molecule has 0 aromatic carbocycles. The van der Waals surface area contributed by atoms with Crippen molar-refractivity contribution in [1.29, 1.82) is 10.8 Å². The summed E-state index contributed by atoms with van der Waals surface area (Å²) >= 11 is 0. The quantitative estimate of drug-likeness (QED) is 0.0930. The smallest absolute Gasteiger partial charge is 0.394 e.